The van der Waals surface area contributed by atoms with Gasteiger partial charge in [0.05, 0.1) is 5.56 Å². The third kappa shape index (κ3) is 4.42. The van der Waals surface area contributed by atoms with Crippen LogP contribution in [0.15, 0.2) is 59.3 Å². The van der Waals surface area contributed by atoms with E-state index < -0.39 is 0 Å². The fourth-order valence-corrected chi connectivity index (χ4v) is 2.75. The molecule has 0 aliphatic heterocycles. The SMILES string of the molecule is Cc1ccc(Nc2ncc(C(=O)Nc3cccc(Br)c3)cn2)c(C)c1. The summed E-state index contributed by atoms with van der Waals surface area (Å²) in [5.41, 5.74) is 4.35. The van der Waals surface area contributed by atoms with Crippen LogP contribution in [0.4, 0.5) is 17.3 Å². The molecule has 3 aromatic rings. The predicted octanol–water partition coefficient (Wildman–Crippen LogP) is 4.85. The molecule has 2 N–H and O–H groups in total. The second-order valence-corrected chi connectivity index (χ2v) is 6.62. The highest BCUT2D eigenvalue weighted by molar-refractivity contribution is 9.10. The standard InChI is InChI=1S/C19H17BrN4O/c1-12-6-7-17(13(2)8-12)24-19-21-10-14(11-22-19)18(25)23-16-5-3-4-15(20)9-16/h3-11H,1-2H3,(H,23,25)(H,21,22,24). The zero-order chi connectivity index (χ0) is 17.8. The molecule has 0 saturated heterocycles. The van der Waals surface area contributed by atoms with E-state index in [0.717, 1.165) is 15.7 Å². The molecule has 0 unspecified atom stereocenters. The van der Waals surface area contributed by atoms with Gasteiger partial charge in [-0.3, -0.25) is 4.79 Å². The Morgan fingerprint density at radius 1 is 1.04 bits per heavy atom. The lowest BCUT2D eigenvalue weighted by atomic mass is 10.1. The van der Waals surface area contributed by atoms with Crippen molar-refractivity contribution in [1.29, 1.82) is 0 Å². The van der Waals surface area contributed by atoms with E-state index in [9.17, 15) is 4.79 Å². The number of rotatable bonds is 4. The summed E-state index contributed by atoms with van der Waals surface area (Å²) < 4.78 is 0.898. The van der Waals surface area contributed by atoms with Gasteiger partial charge < -0.3 is 10.6 Å². The topological polar surface area (TPSA) is 66.9 Å². The maximum absolute atomic E-state index is 12.3. The molecule has 25 heavy (non-hydrogen) atoms. The molecule has 0 saturated carbocycles. The van der Waals surface area contributed by atoms with Crippen LogP contribution in [0.2, 0.25) is 0 Å². The van der Waals surface area contributed by atoms with Crippen molar-refractivity contribution in [3.05, 3.63) is 76.0 Å². The monoisotopic (exact) mass is 396 g/mol. The van der Waals surface area contributed by atoms with Crippen molar-refractivity contribution in [2.75, 3.05) is 10.6 Å². The fraction of sp³-hybridized carbons (Fsp3) is 0.105. The second-order valence-electron chi connectivity index (χ2n) is 5.70. The maximum Gasteiger partial charge on any atom is 0.258 e. The molecule has 2 aromatic carbocycles. The summed E-state index contributed by atoms with van der Waals surface area (Å²) in [4.78, 5) is 20.7. The Hall–Kier alpha value is -2.73. The summed E-state index contributed by atoms with van der Waals surface area (Å²) in [7, 11) is 0. The van der Waals surface area contributed by atoms with E-state index >= 15 is 0 Å². The van der Waals surface area contributed by atoms with Crippen molar-refractivity contribution in [2.24, 2.45) is 0 Å². The molecule has 126 valence electrons. The number of hydrogen-bond acceptors (Lipinski definition) is 4. The molecule has 6 heteroatoms. The third-order valence-corrected chi connectivity index (χ3v) is 4.12. The second kappa shape index (κ2) is 7.44. The number of halogens is 1. The fourth-order valence-electron chi connectivity index (χ4n) is 2.35. The minimum absolute atomic E-state index is 0.254. The van der Waals surface area contributed by atoms with Crippen LogP contribution in [0.25, 0.3) is 0 Å². The molecule has 0 fully saturated rings. The van der Waals surface area contributed by atoms with Crippen molar-refractivity contribution >= 4 is 39.2 Å². The Bertz CT molecular complexity index is 910. The van der Waals surface area contributed by atoms with Crippen LogP contribution in [0.5, 0.6) is 0 Å². The van der Waals surface area contributed by atoms with E-state index in [-0.39, 0.29) is 5.91 Å². The van der Waals surface area contributed by atoms with Crippen LogP contribution < -0.4 is 10.6 Å². The number of amides is 1. The zero-order valence-electron chi connectivity index (χ0n) is 13.9. The number of hydrogen-bond donors (Lipinski definition) is 2. The van der Waals surface area contributed by atoms with Gasteiger partial charge >= 0.3 is 0 Å². The van der Waals surface area contributed by atoms with Gasteiger partial charge in [-0.2, -0.15) is 0 Å². The molecular formula is C19H17BrN4O. The Kier molecular flexibility index (Phi) is 5.09. The van der Waals surface area contributed by atoms with Gasteiger partial charge in [0.15, 0.2) is 0 Å². The lowest BCUT2D eigenvalue weighted by Gasteiger charge is -2.09. The lowest BCUT2D eigenvalue weighted by molar-refractivity contribution is 0.102. The lowest BCUT2D eigenvalue weighted by Crippen LogP contribution is -2.13. The summed E-state index contributed by atoms with van der Waals surface area (Å²) >= 11 is 3.38. The van der Waals surface area contributed by atoms with E-state index in [1.165, 1.54) is 18.0 Å². The van der Waals surface area contributed by atoms with Gasteiger partial charge in [0.25, 0.3) is 5.91 Å². The molecule has 0 atom stereocenters. The zero-order valence-corrected chi connectivity index (χ0v) is 15.5. The third-order valence-electron chi connectivity index (χ3n) is 3.62. The van der Waals surface area contributed by atoms with Crippen molar-refractivity contribution in [3.63, 3.8) is 0 Å². The van der Waals surface area contributed by atoms with Gasteiger partial charge in [-0.05, 0) is 43.7 Å². The van der Waals surface area contributed by atoms with E-state index in [0.29, 0.717) is 17.2 Å². The van der Waals surface area contributed by atoms with Crippen molar-refractivity contribution in [1.82, 2.24) is 9.97 Å². The van der Waals surface area contributed by atoms with Gasteiger partial charge in [0.1, 0.15) is 0 Å². The highest BCUT2D eigenvalue weighted by Gasteiger charge is 2.08. The van der Waals surface area contributed by atoms with Crippen molar-refractivity contribution < 1.29 is 4.79 Å². The number of aryl methyl sites for hydroxylation is 2. The smallest absolute Gasteiger partial charge is 0.258 e. The van der Waals surface area contributed by atoms with Crippen molar-refractivity contribution in [3.8, 4) is 0 Å². The molecule has 0 spiro atoms. The first-order chi connectivity index (χ1) is 12.0. The number of benzene rings is 2. The molecule has 0 aliphatic rings. The average molecular weight is 397 g/mol. The summed E-state index contributed by atoms with van der Waals surface area (Å²) in [5, 5.41) is 5.98. The first kappa shape index (κ1) is 17.1. The van der Waals surface area contributed by atoms with E-state index in [2.05, 4.69) is 42.6 Å². The minimum Gasteiger partial charge on any atom is -0.324 e. The molecule has 0 bridgehead atoms. The van der Waals surface area contributed by atoms with E-state index in [1.54, 1.807) is 0 Å². The summed E-state index contributed by atoms with van der Waals surface area (Å²) in [6, 6.07) is 13.5. The van der Waals surface area contributed by atoms with Gasteiger partial charge in [-0.25, -0.2) is 9.97 Å². The Labute approximate surface area is 154 Å². The Morgan fingerprint density at radius 3 is 2.48 bits per heavy atom. The highest BCUT2D eigenvalue weighted by atomic mass is 79.9. The van der Waals surface area contributed by atoms with Gasteiger partial charge in [-0.1, -0.05) is 39.7 Å². The van der Waals surface area contributed by atoms with Crippen LogP contribution in [0.1, 0.15) is 21.5 Å². The molecule has 1 heterocycles. The van der Waals surface area contributed by atoms with Crippen LogP contribution in [0, 0.1) is 13.8 Å². The number of nitrogens with zero attached hydrogens (tertiary/aromatic N) is 2. The summed E-state index contributed by atoms with van der Waals surface area (Å²) in [6.07, 6.45) is 3.01. The van der Waals surface area contributed by atoms with Gasteiger partial charge in [0, 0.05) is 28.2 Å². The average Bonchev–Trinajstić information content (AvgIpc) is 2.58. The first-order valence-corrected chi connectivity index (χ1v) is 8.54. The van der Waals surface area contributed by atoms with Crippen molar-refractivity contribution in [2.45, 2.75) is 13.8 Å². The van der Waals surface area contributed by atoms with Gasteiger partial charge in [0.2, 0.25) is 5.95 Å². The largest absolute Gasteiger partial charge is 0.324 e. The molecule has 3 rings (SSSR count). The molecule has 1 aromatic heterocycles. The Morgan fingerprint density at radius 2 is 1.80 bits per heavy atom. The van der Waals surface area contributed by atoms with Crippen LogP contribution >= 0.6 is 15.9 Å². The van der Waals surface area contributed by atoms with Crippen LogP contribution in [-0.4, -0.2) is 15.9 Å². The first-order valence-electron chi connectivity index (χ1n) is 7.74. The minimum atomic E-state index is -0.254. The van der Waals surface area contributed by atoms with Gasteiger partial charge in [-0.15, -0.1) is 0 Å². The number of nitrogens with one attached hydrogen (secondary N) is 2. The number of carbonyl (C=O) groups is 1. The Balaban J connectivity index is 1.70. The summed E-state index contributed by atoms with van der Waals surface area (Å²) in [6.45, 7) is 4.07. The number of aromatic nitrogens is 2. The number of carbonyl (C=O) groups excluding carboxylic acids is 1. The molecule has 0 aliphatic carbocycles. The van der Waals surface area contributed by atoms with E-state index in [1.807, 2.05) is 50.2 Å². The maximum atomic E-state index is 12.3. The highest BCUT2D eigenvalue weighted by Crippen LogP contribution is 2.19. The van der Waals surface area contributed by atoms with E-state index in [4.69, 9.17) is 0 Å². The normalized spacial score (nSPS) is 10.4. The number of anilines is 3. The molecule has 0 radical (unpaired) electrons. The van der Waals surface area contributed by atoms with Crippen LogP contribution in [0.3, 0.4) is 0 Å². The molecule has 1 amide bonds. The predicted molar refractivity (Wildman–Crippen MR) is 103 cm³/mol. The molecule has 5 nitrogen and oxygen atoms in total. The van der Waals surface area contributed by atoms with Crippen LogP contribution in [-0.2, 0) is 0 Å². The molecular weight excluding hydrogens is 380 g/mol. The summed E-state index contributed by atoms with van der Waals surface area (Å²) in [5.74, 6) is 0.196. The quantitative estimate of drug-likeness (QED) is 0.661.